The van der Waals surface area contributed by atoms with Gasteiger partial charge in [0.1, 0.15) is 11.5 Å². The van der Waals surface area contributed by atoms with Gasteiger partial charge in [-0.1, -0.05) is 39.0 Å². The number of carbonyl (C=O) groups is 1. The normalized spacial score (nSPS) is 11.8. The summed E-state index contributed by atoms with van der Waals surface area (Å²) in [5.74, 6) is 0.164. The summed E-state index contributed by atoms with van der Waals surface area (Å²) in [5.41, 5.74) is 6.20. The SMILES string of the molecule is CC(C)(C)C(=O)Nc1cncc(-c2ccc3[nH]nc(-c4nc5c(-c6cccc(F)c6)cncc5[nH]4)c3c2)c1. The van der Waals surface area contributed by atoms with Gasteiger partial charge in [-0.3, -0.25) is 19.9 Å². The number of H-pyrrole nitrogens is 2. The van der Waals surface area contributed by atoms with Crippen LogP contribution in [0.2, 0.25) is 0 Å². The maximum atomic E-state index is 13.9. The van der Waals surface area contributed by atoms with Crippen LogP contribution in [-0.2, 0) is 4.79 Å². The second-order valence-corrected chi connectivity index (χ2v) is 10.2. The number of hydrogen-bond acceptors (Lipinski definition) is 5. The lowest BCUT2D eigenvalue weighted by Gasteiger charge is -2.17. The topological polar surface area (TPSA) is 112 Å². The predicted molar refractivity (Wildman–Crippen MR) is 146 cm³/mol. The average molecular weight is 506 g/mol. The molecule has 0 bridgehead atoms. The third kappa shape index (κ3) is 4.28. The van der Waals surface area contributed by atoms with Gasteiger partial charge in [0.2, 0.25) is 5.91 Å². The minimum absolute atomic E-state index is 0.0824. The van der Waals surface area contributed by atoms with Crippen molar-refractivity contribution in [1.29, 1.82) is 0 Å². The molecule has 3 N–H and O–H groups in total. The van der Waals surface area contributed by atoms with Crippen LogP contribution in [0.3, 0.4) is 0 Å². The minimum atomic E-state index is -0.517. The van der Waals surface area contributed by atoms with Gasteiger partial charge in [0.15, 0.2) is 5.82 Å². The summed E-state index contributed by atoms with van der Waals surface area (Å²) in [4.78, 5) is 29.2. The van der Waals surface area contributed by atoms with Crippen LogP contribution in [0.25, 0.3) is 55.7 Å². The zero-order chi connectivity index (χ0) is 26.4. The molecule has 9 heteroatoms. The van der Waals surface area contributed by atoms with E-state index < -0.39 is 5.41 Å². The van der Waals surface area contributed by atoms with Gasteiger partial charge in [-0.2, -0.15) is 5.10 Å². The average Bonchev–Trinajstić information content (AvgIpc) is 3.52. The molecule has 0 saturated heterocycles. The van der Waals surface area contributed by atoms with Crippen LogP contribution in [0.4, 0.5) is 10.1 Å². The number of carbonyl (C=O) groups excluding carboxylic acids is 1. The van der Waals surface area contributed by atoms with Gasteiger partial charge in [0.25, 0.3) is 0 Å². The van der Waals surface area contributed by atoms with E-state index in [0.717, 1.165) is 33.1 Å². The predicted octanol–water partition coefficient (Wildman–Crippen LogP) is 6.35. The molecule has 2 aromatic carbocycles. The van der Waals surface area contributed by atoms with Gasteiger partial charge in [-0.05, 0) is 41.5 Å². The third-order valence-corrected chi connectivity index (χ3v) is 6.33. The molecule has 38 heavy (non-hydrogen) atoms. The number of anilines is 1. The van der Waals surface area contributed by atoms with Crippen molar-refractivity contribution in [3.8, 4) is 33.8 Å². The summed E-state index contributed by atoms with van der Waals surface area (Å²) >= 11 is 0. The molecule has 6 rings (SSSR count). The number of pyridine rings is 2. The second kappa shape index (κ2) is 8.88. The van der Waals surface area contributed by atoms with Crippen LogP contribution in [0.1, 0.15) is 20.8 Å². The molecule has 6 aromatic rings. The van der Waals surface area contributed by atoms with Crippen LogP contribution in [-0.4, -0.2) is 36.0 Å². The van der Waals surface area contributed by atoms with E-state index in [1.165, 1.54) is 12.1 Å². The molecule has 0 radical (unpaired) electrons. The Morgan fingerprint density at radius 2 is 1.74 bits per heavy atom. The van der Waals surface area contributed by atoms with Crippen molar-refractivity contribution in [3.63, 3.8) is 0 Å². The van der Waals surface area contributed by atoms with E-state index in [1.54, 1.807) is 30.9 Å². The molecule has 0 fully saturated rings. The highest BCUT2D eigenvalue weighted by molar-refractivity contribution is 5.98. The molecule has 4 aromatic heterocycles. The molecule has 0 spiro atoms. The quantitative estimate of drug-likeness (QED) is 0.258. The van der Waals surface area contributed by atoms with Crippen LogP contribution < -0.4 is 5.32 Å². The van der Waals surface area contributed by atoms with E-state index in [-0.39, 0.29) is 11.7 Å². The van der Waals surface area contributed by atoms with Gasteiger partial charge in [0.05, 0.1) is 34.6 Å². The zero-order valence-electron chi connectivity index (χ0n) is 21.0. The number of nitrogens with one attached hydrogen (secondary N) is 3. The van der Waals surface area contributed by atoms with Gasteiger partial charge in [-0.15, -0.1) is 0 Å². The van der Waals surface area contributed by atoms with E-state index in [1.807, 2.05) is 51.1 Å². The Morgan fingerprint density at radius 3 is 2.55 bits per heavy atom. The number of hydrogen-bond donors (Lipinski definition) is 3. The summed E-state index contributed by atoms with van der Waals surface area (Å²) < 4.78 is 13.9. The summed E-state index contributed by atoms with van der Waals surface area (Å²) in [7, 11) is 0. The number of benzene rings is 2. The van der Waals surface area contributed by atoms with Crippen molar-refractivity contribution < 1.29 is 9.18 Å². The van der Waals surface area contributed by atoms with Gasteiger partial charge in [0, 0.05) is 34.3 Å². The van der Waals surface area contributed by atoms with Gasteiger partial charge in [-0.25, -0.2) is 9.37 Å². The second-order valence-electron chi connectivity index (χ2n) is 10.2. The number of nitrogens with zero attached hydrogens (tertiary/aromatic N) is 4. The van der Waals surface area contributed by atoms with Gasteiger partial charge < -0.3 is 10.3 Å². The fourth-order valence-electron chi connectivity index (χ4n) is 4.27. The number of amides is 1. The Balaban J connectivity index is 1.40. The highest BCUT2D eigenvalue weighted by Crippen LogP contribution is 2.33. The molecule has 1 amide bonds. The summed E-state index contributed by atoms with van der Waals surface area (Å²) in [6.45, 7) is 5.59. The molecule has 0 aliphatic heterocycles. The smallest absolute Gasteiger partial charge is 0.229 e. The Labute approximate surface area is 217 Å². The van der Waals surface area contributed by atoms with Gasteiger partial charge >= 0.3 is 0 Å². The van der Waals surface area contributed by atoms with Crippen LogP contribution in [0.5, 0.6) is 0 Å². The molecule has 0 atom stereocenters. The Morgan fingerprint density at radius 1 is 0.895 bits per heavy atom. The Hall–Kier alpha value is -4.92. The lowest BCUT2D eigenvalue weighted by molar-refractivity contribution is -0.123. The molecule has 0 aliphatic rings. The molecular weight excluding hydrogens is 481 g/mol. The van der Waals surface area contributed by atoms with Crippen molar-refractivity contribution in [2.45, 2.75) is 20.8 Å². The largest absolute Gasteiger partial charge is 0.335 e. The first-order valence-corrected chi connectivity index (χ1v) is 12.1. The highest BCUT2D eigenvalue weighted by atomic mass is 19.1. The maximum absolute atomic E-state index is 13.9. The van der Waals surface area contributed by atoms with E-state index in [4.69, 9.17) is 4.98 Å². The molecule has 8 nitrogen and oxygen atoms in total. The number of rotatable bonds is 4. The summed E-state index contributed by atoms with van der Waals surface area (Å²) in [6, 6.07) is 14.2. The summed E-state index contributed by atoms with van der Waals surface area (Å²) in [5, 5.41) is 11.4. The monoisotopic (exact) mass is 505 g/mol. The highest BCUT2D eigenvalue weighted by Gasteiger charge is 2.21. The first kappa shape index (κ1) is 23.5. The standard InChI is InChI=1S/C29H24FN7O/c1-29(2,3)28(38)33-20-10-18(12-31-13-20)16-7-8-23-21(11-16)26(37-36-23)27-34-24-15-32-14-22(25(24)35-27)17-5-4-6-19(30)9-17/h4-15H,1-3H3,(H,33,38)(H,34,35)(H,36,37). The number of fused-ring (bicyclic) bond motifs is 2. The number of imidazole rings is 1. The minimum Gasteiger partial charge on any atom is -0.335 e. The maximum Gasteiger partial charge on any atom is 0.229 e. The zero-order valence-corrected chi connectivity index (χ0v) is 21.0. The third-order valence-electron chi connectivity index (χ3n) is 6.33. The molecule has 0 aliphatic carbocycles. The lowest BCUT2D eigenvalue weighted by atomic mass is 9.95. The van der Waals surface area contributed by atoms with Crippen molar-refractivity contribution in [2.24, 2.45) is 5.41 Å². The van der Waals surface area contributed by atoms with E-state index in [0.29, 0.717) is 28.3 Å². The Kier molecular flexibility index (Phi) is 5.48. The molecular formula is C29H24FN7O. The Bertz CT molecular complexity index is 1830. The number of aromatic amines is 2. The first-order valence-electron chi connectivity index (χ1n) is 12.1. The van der Waals surface area contributed by atoms with Crippen LogP contribution in [0, 0.1) is 11.2 Å². The van der Waals surface area contributed by atoms with E-state index in [9.17, 15) is 9.18 Å². The van der Waals surface area contributed by atoms with Crippen molar-refractivity contribution in [1.82, 2.24) is 30.1 Å². The van der Waals surface area contributed by atoms with Crippen molar-refractivity contribution in [3.05, 3.63) is 79.1 Å². The number of halogens is 1. The first-order chi connectivity index (χ1) is 18.3. The fourth-order valence-corrected chi connectivity index (χ4v) is 4.27. The van der Waals surface area contributed by atoms with Crippen molar-refractivity contribution >= 4 is 33.5 Å². The summed E-state index contributed by atoms with van der Waals surface area (Å²) in [6.07, 6.45) is 6.76. The van der Waals surface area contributed by atoms with E-state index in [2.05, 4.69) is 30.5 Å². The molecule has 0 unspecified atom stereocenters. The number of aromatic nitrogens is 6. The molecule has 188 valence electrons. The van der Waals surface area contributed by atoms with E-state index >= 15 is 0 Å². The molecule has 0 saturated carbocycles. The van der Waals surface area contributed by atoms with Crippen LogP contribution >= 0.6 is 0 Å². The lowest BCUT2D eigenvalue weighted by Crippen LogP contribution is -2.27. The van der Waals surface area contributed by atoms with Crippen molar-refractivity contribution in [2.75, 3.05) is 5.32 Å². The molecule has 4 heterocycles. The fraction of sp³-hybridized carbons (Fsp3) is 0.138. The van der Waals surface area contributed by atoms with Crippen LogP contribution in [0.15, 0.2) is 73.3 Å².